The van der Waals surface area contributed by atoms with E-state index >= 15 is 0 Å². The van der Waals surface area contributed by atoms with Crippen LogP contribution in [-0.2, 0) is 4.74 Å². The molecule has 4 heteroatoms. The largest absolute Gasteiger partial charge is 0.395 e. The Morgan fingerprint density at radius 3 is 2.63 bits per heavy atom. The molecular weight excluding hydrogens is 240 g/mol. The predicted octanol–water partition coefficient (Wildman–Crippen LogP) is 1.80. The van der Waals surface area contributed by atoms with Gasteiger partial charge in [0.15, 0.2) is 0 Å². The van der Waals surface area contributed by atoms with Crippen LogP contribution in [0.4, 0.5) is 5.69 Å². The lowest BCUT2D eigenvalue weighted by molar-refractivity contribution is 0.203. The van der Waals surface area contributed by atoms with Gasteiger partial charge in [0.05, 0.1) is 13.2 Å². The van der Waals surface area contributed by atoms with E-state index in [0.717, 1.165) is 13.0 Å². The van der Waals surface area contributed by atoms with E-state index < -0.39 is 0 Å². The Morgan fingerprint density at radius 1 is 1.32 bits per heavy atom. The van der Waals surface area contributed by atoms with E-state index in [2.05, 4.69) is 35.3 Å². The van der Waals surface area contributed by atoms with Crippen molar-refractivity contribution >= 4 is 5.69 Å². The molecule has 0 radical (unpaired) electrons. The van der Waals surface area contributed by atoms with Crippen molar-refractivity contribution in [3.63, 3.8) is 0 Å². The second kappa shape index (κ2) is 8.91. The number of aliphatic hydroxyl groups excluding tert-OH is 1. The van der Waals surface area contributed by atoms with Gasteiger partial charge in [-0.2, -0.15) is 0 Å². The monoisotopic (exact) mass is 266 g/mol. The van der Waals surface area contributed by atoms with Crippen molar-refractivity contribution in [2.75, 3.05) is 45.4 Å². The average Bonchev–Trinajstić information content (AvgIpc) is 2.45. The lowest BCUT2D eigenvalue weighted by Crippen LogP contribution is -2.32. The Kier molecular flexibility index (Phi) is 7.48. The number of benzene rings is 1. The lowest BCUT2D eigenvalue weighted by Gasteiger charge is -2.28. The molecule has 108 valence electrons. The van der Waals surface area contributed by atoms with Crippen LogP contribution in [0.15, 0.2) is 24.3 Å². The van der Waals surface area contributed by atoms with E-state index in [-0.39, 0.29) is 6.61 Å². The van der Waals surface area contributed by atoms with Crippen molar-refractivity contribution in [1.82, 2.24) is 5.32 Å². The van der Waals surface area contributed by atoms with Gasteiger partial charge in [-0.3, -0.25) is 0 Å². The van der Waals surface area contributed by atoms with Crippen LogP contribution < -0.4 is 10.2 Å². The lowest BCUT2D eigenvalue weighted by atomic mass is 10.0. The van der Waals surface area contributed by atoms with E-state index in [9.17, 15) is 5.11 Å². The molecule has 1 aromatic rings. The maximum Gasteiger partial charge on any atom is 0.0637 e. The normalized spacial score (nSPS) is 12.4. The van der Waals surface area contributed by atoms with Crippen LogP contribution >= 0.6 is 0 Å². The standard InChI is InChI=1S/C15H26N2O2/c1-4-14(16-2)13-7-5-6-8-15(13)17(9-11-18)10-12-19-3/h5-8,14,16,18H,4,9-12H2,1-3H3. The smallest absolute Gasteiger partial charge is 0.0637 e. The fourth-order valence-corrected chi connectivity index (χ4v) is 2.32. The van der Waals surface area contributed by atoms with Crippen molar-refractivity contribution < 1.29 is 9.84 Å². The minimum atomic E-state index is 0.147. The molecule has 19 heavy (non-hydrogen) atoms. The van der Waals surface area contributed by atoms with Crippen molar-refractivity contribution in [2.45, 2.75) is 19.4 Å². The van der Waals surface area contributed by atoms with Gasteiger partial charge < -0.3 is 20.1 Å². The van der Waals surface area contributed by atoms with Crippen molar-refractivity contribution in [2.24, 2.45) is 0 Å². The zero-order chi connectivity index (χ0) is 14.1. The molecule has 1 unspecified atom stereocenters. The predicted molar refractivity (Wildman–Crippen MR) is 79.7 cm³/mol. The molecule has 2 N–H and O–H groups in total. The number of hydrogen-bond acceptors (Lipinski definition) is 4. The summed E-state index contributed by atoms with van der Waals surface area (Å²) >= 11 is 0. The number of hydrogen-bond donors (Lipinski definition) is 2. The summed E-state index contributed by atoms with van der Waals surface area (Å²) in [5.74, 6) is 0. The summed E-state index contributed by atoms with van der Waals surface area (Å²) in [5.41, 5.74) is 2.45. The van der Waals surface area contributed by atoms with Crippen LogP contribution in [-0.4, -0.2) is 45.6 Å². The van der Waals surface area contributed by atoms with Crippen LogP contribution in [0, 0.1) is 0 Å². The second-order valence-electron chi connectivity index (χ2n) is 4.51. The average molecular weight is 266 g/mol. The summed E-state index contributed by atoms with van der Waals surface area (Å²) in [6.07, 6.45) is 1.03. The molecule has 1 aromatic carbocycles. The summed E-state index contributed by atoms with van der Waals surface area (Å²) < 4.78 is 5.15. The van der Waals surface area contributed by atoms with Crippen LogP contribution in [0.2, 0.25) is 0 Å². The summed E-state index contributed by atoms with van der Waals surface area (Å²) in [7, 11) is 3.68. The third-order valence-electron chi connectivity index (χ3n) is 3.34. The zero-order valence-corrected chi connectivity index (χ0v) is 12.2. The minimum absolute atomic E-state index is 0.147. The Hall–Kier alpha value is -1.10. The van der Waals surface area contributed by atoms with Gasteiger partial charge in [-0.05, 0) is 25.1 Å². The van der Waals surface area contributed by atoms with Gasteiger partial charge in [-0.15, -0.1) is 0 Å². The molecule has 0 aliphatic rings. The third kappa shape index (κ3) is 4.49. The molecular formula is C15H26N2O2. The number of anilines is 1. The highest BCUT2D eigenvalue weighted by Crippen LogP contribution is 2.27. The summed E-state index contributed by atoms with van der Waals surface area (Å²) in [6, 6.07) is 8.70. The highest BCUT2D eigenvalue weighted by Gasteiger charge is 2.15. The Balaban J connectivity index is 3.00. The molecule has 0 aliphatic carbocycles. The number of ether oxygens (including phenoxy) is 1. The van der Waals surface area contributed by atoms with Gasteiger partial charge in [0.1, 0.15) is 0 Å². The van der Waals surface area contributed by atoms with E-state index in [1.165, 1.54) is 11.3 Å². The zero-order valence-electron chi connectivity index (χ0n) is 12.2. The van der Waals surface area contributed by atoms with E-state index in [1.54, 1.807) is 7.11 Å². The molecule has 0 saturated carbocycles. The molecule has 0 bridgehead atoms. The number of rotatable bonds is 9. The fraction of sp³-hybridized carbons (Fsp3) is 0.600. The first-order chi connectivity index (χ1) is 9.28. The molecule has 0 amide bonds. The first kappa shape index (κ1) is 16.0. The Bertz CT molecular complexity index is 354. The molecule has 1 rings (SSSR count). The second-order valence-corrected chi connectivity index (χ2v) is 4.51. The van der Waals surface area contributed by atoms with Crippen molar-refractivity contribution in [3.8, 4) is 0 Å². The number of aliphatic hydroxyl groups is 1. The molecule has 0 heterocycles. The van der Waals surface area contributed by atoms with Crippen molar-refractivity contribution in [3.05, 3.63) is 29.8 Å². The number of nitrogens with one attached hydrogen (secondary N) is 1. The van der Waals surface area contributed by atoms with Gasteiger partial charge >= 0.3 is 0 Å². The molecule has 0 aliphatic heterocycles. The Morgan fingerprint density at radius 2 is 2.05 bits per heavy atom. The van der Waals surface area contributed by atoms with E-state index in [4.69, 9.17) is 4.74 Å². The van der Waals surface area contributed by atoms with E-state index in [0.29, 0.717) is 19.2 Å². The quantitative estimate of drug-likeness (QED) is 0.715. The molecule has 0 spiro atoms. The van der Waals surface area contributed by atoms with E-state index in [1.807, 2.05) is 13.1 Å². The first-order valence-corrected chi connectivity index (χ1v) is 6.89. The SMILES string of the molecule is CCC(NC)c1ccccc1N(CCO)CCOC. The molecule has 4 nitrogen and oxygen atoms in total. The van der Waals surface area contributed by atoms with Crippen LogP contribution in [0.3, 0.4) is 0 Å². The van der Waals surface area contributed by atoms with Gasteiger partial charge in [0, 0.05) is 31.9 Å². The summed E-state index contributed by atoms with van der Waals surface area (Å²) in [5, 5.41) is 12.6. The van der Waals surface area contributed by atoms with Crippen LogP contribution in [0.25, 0.3) is 0 Å². The Labute approximate surface area is 116 Å². The molecule has 1 atom stereocenters. The summed E-state index contributed by atoms with van der Waals surface area (Å²) in [6.45, 7) is 4.39. The highest BCUT2D eigenvalue weighted by atomic mass is 16.5. The number of methoxy groups -OCH3 is 1. The summed E-state index contributed by atoms with van der Waals surface area (Å²) in [4.78, 5) is 2.18. The highest BCUT2D eigenvalue weighted by molar-refractivity contribution is 5.55. The van der Waals surface area contributed by atoms with Crippen LogP contribution in [0.5, 0.6) is 0 Å². The van der Waals surface area contributed by atoms with Gasteiger partial charge in [-0.25, -0.2) is 0 Å². The van der Waals surface area contributed by atoms with Gasteiger partial charge in [0.25, 0.3) is 0 Å². The molecule has 0 fully saturated rings. The number of nitrogens with zero attached hydrogens (tertiary/aromatic N) is 1. The topological polar surface area (TPSA) is 44.7 Å². The maximum absolute atomic E-state index is 9.24. The third-order valence-corrected chi connectivity index (χ3v) is 3.34. The van der Waals surface area contributed by atoms with Gasteiger partial charge in [0.2, 0.25) is 0 Å². The maximum atomic E-state index is 9.24. The van der Waals surface area contributed by atoms with Crippen molar-refractivity contribution in [1.29, 1.82) is 0 Å². The molecule has 0 saturated heterocycles. The van der Waals surface area contributed by atoms with Crippen LogP contribution in [0.1, 0.15) is 24.9 Å². The number of para-hydroxylation sites is 1. The fourth-order valence-electron chi connectivity index (χ4n) is 2.32. The van der Waals surface area contributed by atoms with Gasteiger partial charge in [-0.1, -0.05) is 25.1 Å². The minimum Gasteiger partial charge on any atom is -0.395 e. The molecule has 0 aromatic heterocycles. The first-order valence-electron chi connectivity index (χ1n) is 6.89.